The summed E-state index contributed by atoms with van der Waals surface area (Å²) in [6.45, 7) is 0. The fourth-order valence-electron chi connectivity index (χ4n) is 8.35. The highest BCUT2D eigenvalue weighted by Crippen LogP contribution is 2.47. The van der Waals surface area contributed by atoms with Crippen molar-refractivity contribution < 1.29 is 0 Å². The fourth-order valence-corrected chi connectivity index (χ4v) is 8.35. The van der Waals surface area contributed by atoms with Gasteiger partial charge in [0.15, 0.2) is 0 Å². The third kappa shape index (κ3) is 4.68. The Morgan fingerprint density at radius 3 is 1.91 bits per heavy atom. The highest BCUT2D eigenvalue weighted by Gasteiger charge is 2.23. The first-order chi connectivity index (χ1) is 26.3. The lowest BCUT2D eigenvalue weighted by molar-refractivity contribution is 1.14. The molecule has 0 aliphatic carbocycles. The standard InChI is InChI=1S/C50H31N3/c1-3-11-33(12-4-1)46-47-44-24-21-38-28-37(40-29-39-18-17-34-16-9-27-51-48(34)49(39)52-31-40)20-23-42(38)43(44)25-26-45(47)53(50(46)35-13-5-2-6-14-35)41-22-19-32-10-7-8-15-36(32)30-41/h1-31H. The summed E-state index contributed by atoms with van der Waals surface area (Å²) in [7, 11) is 0. The van der Waals surface area contributed by atoms with Gasteiger partial charge in [-0.15, -0.1) is 0 Å². The molecule has 246 valence electrons. The van der Waals surface area contributed by atoms with Gasteiger partial charge in [-0.3, -0.25) is 9.97 Å². The molecule has 0 fully saturated rings. The molecule has 0 unspecified atom stereocenters. The van der Waals surface area contributed by atoms with E-state index in [-0.39, 0.29) is 0 Å². The Morgan fingerprint density at radius 2 is 1.04 bits per heavy atom. The molecule has 0 saturated heterocycles. The summed E-state index contributed by atoms with van der Waals surface area (Å²) >= 11 is 0. The van der Waals surface area contributed by atoms with E-state index in [9.17, 15) is 0 Å². The number of pyridine rings is 2. The highest BCUT2D eigenvalue weighted by atomic mass is 15.0. The first kappa shape index (κ1) is 29.6. The molecule has 0 saturated carbocycles. The Kier molecular flexibility index (Phi) is 6.55. The lowest BCUT2D eigenvalue weighted by atomic mass is 9.92. The number of hydrogen-bond donors (Lipinski definition) is 0. The number of aromatic nitrogens is 3. The van der Waals surface area contributed by atoms with Crippen molar-refractivity contribution >= 4 is 65.0 Å². The van der Waals surface area contributed by atoms with Gasteiger partial charge in [0.1, 0.15) is 0 Å². The molecular weight excluding hydrogens is 643 g/mol. The van der Waals surface area contributed by atoms with E-state index in [1.54, 1.807) is 0 Å². The zero-order valence-corrected chi connectivity index (χ0v) is 28.7. The van der Waals surface area contributed by atoms with Crippen molar-refractivity contribution in [3.63, 3.8) is 0 Å². The minimum Gasteiger partial charge on any atom is -0.309 e. The summed E-state index contributed by atoms with van der Waals surface area (Å²) < 4.78 is 2.47. The molecule has 0 aliphatic heterocycles. The summed E-state index contributed by atoms with van der Waals surface area (Å²) in [5, 5.41) is 10.8. The van der Waals surface area contributed by atoms with Crippen LogP contribution in [0.5, 0.6) is 0 Å². The molecule has 0 bridgehead atoms. The van der Waals surface area contributed by atoms with Crippen molar-refractivity contribution in [1.29, 1.82) is 0 Å². The largest absolute Gasteiger partial charge is 0.309 e. The van der Waals surface area contributed by atoms with Crippen molar-refractivity contribution in [2.24, 2.45) is 0 Å². The van der Waals surface area contributed by atoms with Crippen LogP contribution in [-0.4, -0.2) is 14.5 Å². The van der Waals surface area contributed by atoms with Crippen LogP contribution in [0.4, 0.5) is 0 Å². The molecule has 0 spiro atoms. The van der Waals surface area contributed by atoms with Crippen LogP contribution in [0.2, 0.25) is 0 Å². The Balaban J connectivity index is 1.16. The molecule has 0 atom stereocenters. The van der Waals surface area contributed by atoms with Gasteiger partial charge in [0.05, 0.1) is 22.2 Å². The van der Waals surface area contributed by atoms with Crippen molar-refractivity contribution in [2.45, 2.75) is 0 Å². The Morgan fingerprint density at radius 1 is 0.377 bits per heavy atom. The van der Waals surface area contributed by atoms with Crippen LogP contribution < -0.4 is 0 Å². The van der Waals surface area contributed by atoms with Gasteiger partial charge >= 0.3 is 0 Å². The molecule has 3 heteroatoms. The number of fused-ring (bicyclic) bond motifs is 9. The van der Waals surface area contributed by atoms with Crippen molar-refractivity contribution in [1.82, 2.24) is 14.5 Å². The van der Waals surface area contributed by atoms with Crippen LogP contribution in [0.3, 0.4) is 0 Å². The first-order valence-corrected chi connectivity index (χ1v) is 18.1. The quantitative estimate of drug-likeness (QED) is 0.174. The van der Waals surface area contributed by atoms with Crippen LogP contribution in [0.1, 0.15) is 0 Å². The molecule has 3 nitrogen and oxygen atoms in total. The van der Waals surface area contributed by atoms with Gasteiger partial charge in [-0.05, 0) is 85.4 Å². The maximum Gasteiger partial charge on any atom is 0.0964 e. The van der Waals surface area contributed by atoms with Gasteiger partial charge in [0, 0.05) is 45.4 Å². The monoisotopic (exact) mass is 673 g/mol. The maximum absolute atomic E-state index is 4.90. The number of hydrogen-bond acceptors (Lipinski definition) is 2. The van der Waals surface area contributed by atoms with E-state index < -0.39 is 0 Å². The molecule has 3 heterocycles. The lowest BCUT2D eigenvalue weighted by Gasteiger charge is -2.14. The van der Waals surface area contributed by atoms with Gasteiger partial charge in [0.2, 0.25) is 0 Å². The predicted octanol–water partition coefficient (Wildman–Crippen LogP) is 13.2. The number of benzene rings is 8. The number of rotatable bonds is 4. The summed E-state index contributed by atoms with van der Waals surface area (Å²) in [5.74, 6) is 0. The Hall–Kier alpha value is -7.10. The highest BCUT2D eigenvalue weighted by molar-refractivity contribution is 6.23. The minimum atomic E-state index is 0.933. The second kappa shape index (κ2) is 11.7. The Bertz CT molecular complexity index is 3210. The average molecular weight is 674 g/mol. The van der Waals surface area contributed by atoms with Crippen LogP contribution >= 0.6 is 0 Å². The summed E-state index contributed by atoms with van der Waals surface area (Å²) in [4.78, 5) is 9.52. The fraction of sp³-hybridized carbons (Fsp3) is 0. The van der Waals surface area contributed by atoms with E-state index >= 15 is 0 Å². The molecule has 0 amide bonds. The third-order valence-electron chi connectivity index (χ3n) is 10.8. The van der Waals surface area contributed by atoms with E-state index in [1.807, 2.05) is 18.5 Å². The summed E-state index contributed by atoms with van der Waals surface area (Å²) in [6.07, 6.45) is 3.82. The number of nitrogens with zero attached hydrogens (tertiary/aromatic N) is 3. The van der Waals surface area contributed by atoms with Crippen LogP contribution in [0.15, 0.2) is 188 Å². The molecule has 0 radical (unpaired) electrons. The van der Waals surface area contributed by atoms with Crippen LogP contribution in [-0.2, 0) is 0 Å². The van der Waals surface area contributed by atoms with E-state index in [0.29, 0.717) is 0 Å². The average Bonchev–Trinajstić information content (AvgIpc) is 3.59. The second-order valence-corrected chi connectivity index (χ2v) is 13.8. The van der Waals surface area contributed by atoms with E-state index in [0.717, 1.165) is 38.6 Å². The van der Waals surface area contributed by atoms with Crippen molar-refractivity contribution in [2.75, 3.05) is 0 Å². The first-order valence-electron chi connectivity index (χ1n) is 18.1. The van der Waals surface area contributed by atoms with Gasteiger partial charge in [0.25, 0.3) is 0 Å². The zero-order valence-electron chi connectivity index (χ0n) is 28.7. The van der Waals surface area contributed by atoms with Gasteiger partial charge < -0.3 is 4.57 Å². The van der Waals surface area contributed by atoms with Gasteiger partial charge in [-0.25, -0.2) is 0 Å². The van der Waals surface area contributed by atoms with Crippen LogP contribution in [0.25, 0.3) is 104 Å². The minimum absolute atomic E-state index is 0.933. The smallest absolute Gasteiger partial charge is 0.0964 e. The predicted molar refractivity (Wildman–Crippen MR) is 223 cm³/mol. The molecule has 11 rings (SSSR count). The SMILES string of the molecule is c1ccc(-c2c(-c3ccccc3)n(-c3ccc4ccccc4c3)c3ccc4c5ccc(-c6cnc7c(ccc8cccnc87)c6)cc5ccc4c23)cc1. The van der Waals surface area contributed by atoms with Crippen molar-refractivity contribution in [3.05, 3.63) is 188 Å². The summed E-state index contributed by atoms with van der Waals surface area (Å²) in [6, 6.07) is 63.8. The van der Waals surface area contributed by atoms with Crippen molar-refractivity contribution in [3.8, 4) is 39.2 Å². The van der Waals surface area contributed by atoms with Gasteiger partial charge in [-0.1, -0.05) is 140 Å². The van der Waals surface area contributed by atoms with E-state index in [4.69, 9.17) is 4.98 Å². The molecule has 3 aromatic heterocycles. The van der Waals surface area contributed by atoms with E-state index in [2.05, 4.69) is 179 Å². The zero-order chi connectivity index (χ0) is 34.9. The molecule has 0 N–H and O–H groups in total. The normalized spacial score (nSPS) is 11.8. The third-order valence-corrected chi connectivity index (χ3v) is 10.8. The molecule has 8 aromatic carbocycles. The topological polar surface area (TPSA) is 30.7 Å². The molecule has 53 heavy (non-hydrogen) atoms. The van der Waals surface area contributed by atoms with Gasteiger partial charge in [-0.2, -0.15) is 0 Å². The molecule has 11 aromatic rings. The second-order valence-electron chi connectivity index (χ2n) is 13.8. The molecular formula is C50H31N3. The van der Waals surface area contributed by atoms with Crippen LogP contribution in [0, 0.1) is 0 Å². The lowest BCUT2D eigenvalue weighted by Crippen LogP contribution is -1.97. The molecule has 0 aliphatic rings. The Labute approximate surface area is 306 Å². The van der Waals surface area contributed by atoms with E-state index in [1.165, 1.54) is 65.6 Å². The maximum atomic E-state index is 4.90. The summed E-state index contributed by atoms with van der Waals surface area (Å²) in [5.41, 5.74) is 11.3.